The molecule has 0 aliphatic rings. The van der Waals surface area contributed by atoms with Crippen LogP contribution in [0.3, 0.4) is 0 Å². The maximum atomic E-state index is 6.13. The first-order valence-electron chi connectivity index (χ1n) is 5.87. The summed E-state index contributed by atoms with van der Waals surface area (Å²) < 4.78 is 0. The van der Waals surface area contributed by atoms with Crippen molar-refractivity contribution in [2.45, 2.75) is 26.5 Å². The lowest BCUT2D eigenvalue weighted by atomic mass is 9.83. The van der Waals surface area contributed by atoms with E-state index in [1.54, 1.807) is 0 Å². The molecule has 0 spiro atoms. The van der Waals surface area contributed by atoms with Gasteiger partial charge in [0.2, 0.25) is 0 Å². The van der Waals surface area contributed by atoms with Gasteiger partial charge in [-0.3, -0.25) is 0 Å². The number of thioether (sulfide) groups is 1. The topological polar surface area (TPSA) is 0 Å². The second-order valence-corrected chi connectivity index (χ2v) is 7.15. The summed E-state index contributed by atoms with van der Waals surface area (Å²) in [5.41, 5.74) is 1.56. The second kappa shape index (κ2) is 6.96. The van der Waals surface area contributed by atoms with Crippen molar-refractivity contribution in [3.63, 3.8) is 0 Å². The molecule has 0 radical (unpaired) electrons. The Hall–Kier alpha value is 0.210. The SMILES string of the molecule is CC(C)(C)C(CS)CSCc1ccccc1Cl. The van der Waals surface area contributed by atoms with Crippen LogP contribution in [0.2, 0.25) is 5.02 Å². The van der Waals surface area contributed by atoms with Gasteiger partial charge in [-0.1, -0.05) is 50.6 Å². The minimum atomic E-state index is 0.329. The zero-order valence-corrected chi connectivity index (χ0v) is 13.2. The summed E-state index contributed by atoms with van der Waals surface area (Å²) in [6.07, 6.45) is 0. The van der Waals surface area contributed by atoms with Gasteiger partial charge in [-0.25, -0.2) is 0 Å². The highest BCUT2D eigenvalue weighted by atomic mass is 35.5. The van der Waals surface area contributed by atoms with Crippen LogP contribution < -0.4 is 0 Å². The summed E-state index contributed by atoms with van der Waals surface area (Å²) in [5.74, 6) is 3.70. The molecule has 0 nitrogen and oxygen atoms in total. The molecule has 96 valence electrons. The minimum absolute atomic E-state index is 0.329. The van der Waals surface area contributed by atoms with Gasteiger partial charge in [0.1, 0.15) is 0 Å². The molecular weight excluding hydrogens is 268 g/mol. The molecule has 1 unspecified atom stereocenters. The Morgan fingerprint density at radius 3 is 2.47 bits per heavy atom. The fraction of sp³-hybridized carbons (Fsp3) is 0.571. The molecule has 0 N–H and O–H groups in total. The predicted molar refractivity (Wildman–Crippen MR) is 84.4 cm³/mol. The van der Waals surface area contributed by atoms with Gasteiger partial charge in [0, 0.05) is 10.8 Å². The zero-order valence-electron chi connectivity index (χ0n) is 10.7. The molecule has 0 amide bonds. The molecule has 0 fully saturated rings. The van der Waals surface area contributed by atoms with Gasteiger partial charge in [0.15, 0.2) is 0 Å². The normalized spacial score (nSPS) is 13.7. The first kappa shape index (κ1) is 15.3. The lowest BCUT2D eigenvalue weighted by Gasteiger charge is -2.29. The molecule has 0 heterocycles. The molecule has 0 aliphatic heterocycles. The van der Waals surface area contributed by atoms with E-state index in [9.17, 15) is 0 Å². The first-order valence-corrected chi connectivity index (χ1v) is 8.03. The summed E-state index contributed by atoms with van der Waals surface area (Å²) in [5, 5.41) is 0.873. The number of benzene rings is 1. The Morgan fingerprint density at radius 1 is 1.29 bits per heavy atom. The number of thiol groups is 1. The number of hydrogen-bond donors (Lipinski definition) is 1. The fourth-order valence-electron chi connectivity index (χ4n) is 1.50. The molecule has 17 heavy (non-hydrogen) atoms. The highest BCUT2D eigenvalue weighted by Gasteiger charge is 2.22. The zero-order chi connectivity index (χ0) is 12.9. The minimum Gasteiger partial charge on any atom is -0.179 e. The fourth-order valence-corrected chi connectivity index (χ4v) is 4.13. The van der Waals surface area contributed by atoms with Gasteiger partial charge in [-0.2, -0.15) is 24.4 Å². The third kappa shape index (κ3) is 5.15. The molecule has 0 aromatic heterocycles. The Labute approximate surface area is 120 Å². The number of rotatable bonds is 5. The predicted octanol–water partition coefficient (Wildman–Crippen LogP) is 5.17. The average Bonchev–Trinajstić information content (AvgIpc) is 2.25. The summed E-state index contributed by atoms with van der Waals surface area (Å²) in [7, 11) is 0. The largest absolute Gasteiger partial charge is 0.179 e. The smallest absolute Gasteiger partial charge is 0.0446 e. The van der Waals surface area contributed by atoms with E-state index in [1.165, 1.54) is 5.56 Å². The average molecular weight is 289 g/mol. The monoisotopic (exact) mass is 288 g/mol. The summed E-state index contributed by atoms with van der Waals surface area (Å²) in [4.78, 5) is 0. The van der Waals surface area contributed by atoms with Crippen molar-refractivity contribution in [2.24, 2.45) is 11.3 Å². The summed E-state index contributed by atoms with van der Waals surface area (Å²) in [6, 6.07) is 8.07. The van der Waals surface area contributed by atoms with Gasteiger partial charge >= 0.3 is 0 Å². The van der Waals surface area contributed by atoms with Crippen LogP contribution in [-0.4, -0.2) is 11.5 Å². The van der Waals surface area contributed by atoms with Gasteiger partial charge < -0.3 is 0 Å². The van der Waals surface area contributed by atoms with E-state index in [4.69, 9.17) is 11.6 Å². The molecule has 3 heteroatoms. The highest BCUT2D eigenvalue weighted by Crippen LogP contribution is 2.31. The molecule has 0 bridgehead atoms. The first-order chi connectivity index (χ1) is 7.95. The molecule has 0 saturated carbocycles. The lowest BCUT2D eigenvalue weighted by molar-refractivity contribution is 0.294. The molecule has 1 rings (SSSR count). The van der Waals surface area contributed by atoms with Crippen LogP contribution >= 0.6 is 36.0 Å². The highest BCUT2D eigenvalue weighted by molar-refractivity contribution is 7.98. The Morgan fingerprint density at radius 2 is 1.94 bits per heavy atom. The van der Waals surface area contributed by atoms with Crippen molar-refractivity contribution in [1.29, 1.82) is 0 Å². The molecule has 0 saturated heterocycles. The summed E-state index contributed by atoms with van der Waals surface area (Å²) in [6.45, 7) is 6.85. The Bertz CT molecular complexity index is 344. The standard InChI is InChI=1S/C14H21ClS2/c1-14(2,3)12(8-16)10-17-9-11-6-4-5-7-13(11)15/h4-7,12,16H,8-10H2,1-3H3. The summed E-state index contributed by atoms with van der Waals surface area (Å²) >= 11 is 12.5. The van der Waals surface area contributed by atoms with Gasteiger partial charge in [0.25, 0.3) is 0 Å². The third-order valence-electron chi connectivity index (χ3n) is 2.98. The van der Waals surface area contributed by atoms with E-state index in [0.717, 1.165) is 22.3 Å². The van der Waals surface area contributed by atoms with Crippen molar-refractivity contribution >= 4 is 36.0 Å². The van der Waals surface area contributed by atoms with Gasteiger partial charge in [-0.15, -0.1) is 0 Å². The van der Waals surface area contributed by atoms with E-state index in [1.807, 2.05) is 30.0 Å². The maximum absolute atomic E-state index is 6.13. The molecule has 0 aliphatic carbocycles. The van der Waals surface area contributed by atoms with Crippen molar-refractivity contribution < 1.29 is 0 Å². The van der Waals surface area contributed by atoms with E-state index in [-0.39, 0.29) is 0 Å². The Balaban J connectivity index is 2.45. The lowest BCUT2D eigenvalue weighted by Crippen LogP contribution is -2.24. The van der Waals surface area contributed by atoms with Crippen LogP contribution in [0.5, 0.6) is 0 Å². The number of hydrogen-bond acceptors (Lipinski definition) is 2. The quantitative estimate of drug-likeness (QED) is 0.730. The molecule has 1 aromatic rings. The van der Waals surface area contributed by atoms with E-state index >= 15 is 0 Å². The van der Waals surface area contributed by atoms with E-state index in [0.29, 0.717) is 11.3 Å². The van der Waals surface area contributed by atoms with Crippen LogP contribution in [0.25, 0.3) is 0 Å². The van der Waals surface area contributed by atoms with E-state index in [2.05, 4.69) is 39.5 Å². The van der Waals surface area contributed by atoms with Crippen LogP contribution in [0.15, 0.2) is 24.3 Å². The third-order valence-corrected chi connectivity index (χ3v) is 4.94. The van der Waals surface area contributed by atoms with Crippen LogP contribution in [-0.2, 0) is 5.75 Å². The van der Waals surface area contributed by atoms with Crippen molar-refractivity contribution in [2.75, 3.05) is 11.5 Å². The second-order valence-electron chi connectivity index (χ2n) is 5.35. The Kier molecular flexibility index (Phi) is 6.25. The van der Waals surface area contributed by atoms with Crippen LogP contribution in [0.1, 0.15) is 26.3 Å². The van der Waals surface area contributed by atoms with Crippen molar-refractivity contribution in [3.8, 4) is 0 Å². The van der Waals surface area contributed by atoms with E-state index < -0.39 is 0 Å². The maximum Gasteiger partial charge on any atom is 0.0446 e. The van der Waals surface area contributed by atoms with Crippen LogP contribution in [0, 0.1) is 11.3 Å². The van der Waals surface area contributed by atoms with Crippen molar-refractivity contribution in [1.82, 2.24) is 0 Å². The van der Waals surface area contributed by atoms with Gasteiger partial charge in [0.05, 0.1) is 0 Å². The number of halogens is 1. The van der Waals surface area contributed by atoms with Crippen molar-refractivity contribution in [3.05, 3.63) is 34.9 Å². The molecule has 1 atom stereocenters. The van der Waals surface area contributed by atoms with Crippen LogP contribution in [0.4, 0.5) is 0 Å². The van der Waals surface area contributed by atoms with Gasteiger partial charge in [-0.05, 0) is 34.5 Å². The molecular formula is C14H21ClS2. The molecule has 1 aromatic carbocycles.